The Kier molecular flexibility index (Phi) is 5.16. The number of rotatable bonds is 3. The molecule has 20 heavy (non-hydrogen) atoms. The van der Waals surface area contributed by atoms with E-state index < -0.39 is 0 Å². The van der Waals surface area contributed by atoms with Crippen molar-refractivity contribution >= 4 is 21.8 Å². The van der Waals surface area contributed by atoms with Gasteiger partial charge in [-0.3, -0.25) is 4.79 Å². The maximum Gasteiger partial charge on any atom is 0.255 e. The lowest BCUT2D eigenvalue weighted by Gasteiger charge is -2.37. The number of hydrogen-bond acceptors (Lipinski definition) is 2. The summed E-state index contributed by atoms with van der Waals surface area (Å²) >= 11 is 3.26. The molecule has 1 saturated carbocycles. The minimum absolute atomic E-state index is 0.0813. The number of carbonyl (C=O) groups is 1. The molecule has 1 aromatic carbocycles. The van der Waals surface area contributed by atoms with Gasteiger partial charge in [0.2, 0.25) is 0 Å². The van der Waals surface area contributed by atoms with Crippen LogP contribution in [0.1, 0.15) is 36.0 Å². The van der Waals surface area contributed by atoms with Crippen LogP contribution in [0.15, 0.2) is 22.7 Å². The lowest BCUT2D eigenvalue weighted by molar-refractivity contribution is 0.0619. The lowest BCUT2D eigenvalue weighted by Crippen LogP contribution is -2.46. The maximum absolute atomic E-state index is 13.1. The molecule has 1 fully saturated rings. The molecule has 2 rings (SSSR count). The molecule has 3 nitrogen and oxygen atoms in total. The third kappa shape index (κ3) is 3.20. The maximum atomic E-state index is 13.1. The molecule has 110 valence electrons. The first kappa shape index (κ1) is 15.4. The first-order valence-corrected chi connectivity index (χ1v) is 7.76. The molecular weight excluding hydrogens is 323 g/mol. The number of nitrogens with two attached hydrogens (primary N) is 1. The van der Waals surface area contributed by atoms with Gasteiger partial charge in [-0.05, 0) is 59.4 Å². The molecule has 0 bridgehead atoms. The summed E-state index contributed by atoms with van der Waals surface area (Å²) in [6, 6.07) is 4.34. The number of halogens is 2. The fraction of sp³-hybridized carbons (Fsp3) is 0.533. The van der Waals surface area contributed by atoms with Gasteiger partial charge in [-0.1, -0.05) is 12.8 Å². The summed E-state index contributed by atoms with van der Waals surface area (Å²) in [5.41, 5.74) is 6.32. The van der Waals surface area contributed by atoms with E-state index in [1.165, 1.54) is 24.6 Å². The van der Waals surface area contributed by atoms with Crippen LogP contribution in [0.4, 0.5) is 4.39 Å². The molecule has 2 unspecified atom stereocenters. The molecule has 0 aliphatic heterocycles. The number of carbonyl (C=O) groups excluding carboxylic acids is 1. The fourth-order valence-electron chi connectivity index (χ4n) is 2.98. The summed E-state index contributed by atoms with van der Waals surface area (Å²) < 4.78 is 13.6. The van der Waals surface area contributed by atoms with Crippen LogP contribution < -0.4 is 5.73 Å². The molecule has 0 aromatic heterocycles. The quantitative estimate of drug-likeness (QED) is 0.916. The highest BCUT2D eigenvalue weighted by Crippen LogP contribution is 2.29. The van der Waals surface area contributed by atoms with Crippen molar-refractivity contribution in [2.24, 2.45) is 11.7 Å². The van der Waals surface area contributed by atoms with Gasteiger partial charge in [0.05, 0.1) is 5.56 Å². The SMILES string of the molecule is CN(C(=O)c1ccc(F)cc1Br)C1CCCCC1CN. The summed E-state index contributed by atoms with van der Waals surface area (Å²) in [5.74, 6) is -0.0762. The summed E-state index contributed by atoms with van der Waals surface area (Å²) in [6.07, 6.45) is 4.37. The number of benzene rings is 1. The molecule has 0 spiro atoms. The first-order valence-electron chi connectivity index (χ1n) is 6.97. The molecule has 1 aromatic rings. The lowest BCUT2D eigenvalue weighted by atomic mass is 9.83. The zero-order chi connectivity index (χ0) is 14.7. The van der Waals surface area contributed by atoms with E-state index in [0.29, 0.717) is 22.5 Å². The third-order valence-corrected chi connectivity index (χ3v) is 4.81. The van der Waals surface area contributed by atoms with E-state index >= 15 is 0 Å². The molecule has 1 aliphatic rings. The van der Waals surface area contributed by atoms with Crippen molar-refractivity contribution in [1.29, 1.82) is 0 Å². The largest absolute Gasteiger partial charge is 0.338 e. The first-order chi connectivity index (χ1) is 9.54. The highest BCUT2D eigenvalue weighted by Gasteiger charge is 2.30. The zero-order valence-electron chi connectivity index (χ0n) is 11.6. The number of amides is 1. The fourth-order valence-corrected chi connectivity index (χ4v) is 3.50. The molecule has 0 saturated heterocycles. The Morgan fingerprint density at radius 1 is 1.45 bits per heavy atom. The van der Waals surface area contributed by atoms with Gasteiger partial charge in [-0.25, -0.2) is 4.39 Å². The Balaban J connectivity index is 2.18. The van der Waals surface area contributed by atoms with Crippen LogP contribution in [0, 0.1) is 11.7 Å². The predicted molar refractivity (Wildman–Crippen MR) is 81.0 cm³/mol. The molecule has 0 radical (unpaired) electrons. The molecule has 2 N–H and O–H groups in total. The van der Waals surface area contributed by atoms with Crippen molar-refractivity contribution in [1.82, 2.24) is 4.90 Å². The Hall–Kier alpha value is -0.940. The highest BCUT2D eigenvalue weighted by atomic mass is 79.9. The van der Waals surface area contributed by atoms with Crippen LogP contribution in [-0.4, -0.2) is 30.4 Å². The average molecular weight is 343 g/mol. The zero-order valence-corrected chi connectivity index (χ0v) is 13.2. The van der Waals surface area contributed by atoms with Gasteiger partial charge < -0.3 is 10.6 Å². The monoisotopic (exact) mass is 342 g/mol. The minimum Gasteiger partial charge on any atom is -0.338 e. The van der Waals surface area contributed by atoms with E-state index in [1.807, 2.05) is 7.05 Å². The molecule has 1 aliphatic carbocycles. The smallest absolute Gasteiger partial charge is 0.255 e. The van der Waals surface area contributed by atoms with E-state index in [1.54, 1.807) is 4.90 Å². The Morgan fingerprint density at radius 2 is 2.15 bits per heavy atom. The van der Waals surface area contributed by atoms with Crippen LogP contribution in [0.5, 0.6) is 0 Å². The Morgan fingerprint density at radius 3 is 2.80 bits per heavy atom. The second-order valence-corrected chi connectivity index (χ2v) is 6.24. The van der Waals surface area contributed by atoms with Gasteiger partial charge in [0.1, 0.15) is 5.82 Å². The summed E-state index contributed by atoms with van der Waals surface area (Å²) in [4.78, 5) is 14.3. The van der Waals surface area contributed by atoms with E-state index in [0.717, 1.165) is 19.3 Å². The van der Waals surface area contributed by atoms with Crippen molar-refractivity contribution in [3.8, 4) is 0 Å². The topological polar surface area (TPSA) is 46.3 Å². The van der Waals surface area contributed by atoms with Crippen molar-refractivity contribution in [3.63, 3.8) is 0 Å². The van der Waals surface area contributed by atoms with Gasteiger partial charge in [-0.15, -0.1) is 0 Å². The normalized spacial score (nSPS) is 22.6. The molecule has 0 heterocycles. The minimum atomic E-state index is -0.353. The van der Waals surface area contributed by atoms with E-state index in [9.17, 15) is 9.18 Å². The molecule has 5 heteroatoms. The molecular formula is C15H20BrFN2O. The van der Waals surface area contributed by atoms with Crippen molar-refractivity contribution < 1.29 is 9.18 Å². The highest BCUT2D eigenvalue weighted by molar-refractivity contribution is 9.10. The van der Waals surface area contributed by atoms with Crippen molar-refractivity contribution in [2.45, 2.75) is 31.7 Å². The van der Waals surface area contributed by atoms with Crippen LogP contribution in [0.2, 0.25) is 0 Å². The second kappa shape index (κ2) is 6.68. The van der Waals surface area contributed by atoms with Gasteiger partial charge in [-0.2, -0.15) is 0 Å². The second-order valence-electron chi connectivity index (χ2n) is 5.39. The number of nitrogens with zero attached hydrogens (tertiary/aromatic N) is 1. The van der Waals surface area contributed by atoms with E-state index in [4.69, 9.17) is 5.73 Å². The van der Waals surface area contributed by atoms with Gasteiger partial charge in [0.15, 0.2) is 0 Å². The van der Waals surface area contributed by atoms with E-state index in [-0.39, 0.29) is 17.8 Å². The standard InChI is InChI=1S/C15H20BrFN2O/c1-19(14-5-3-2-4-10(14)9-18)15(20)12-7-6-11(17)8-13(12)16/h6-8,10,14H,2-5,9,18H2,1H3. The van der Waals surface area contributed by atoms with Crippen molar-refractivity contribution in [3.05, 3.63) is 34.1 Å². The summed E-state index contributed by atoms with van der Waals surface area (Å²) in [6.45, 7) is 0.604. The van der Waals surface area contributed by atoms with Gasteiger partial charge >= 0.3 is 0 Å². The Labute approximate surface area is 127 Å². The third-order valence-electron chi connectivity index (χ3n) is 4.15. The number of hydrogen-bond donors (Lipinski definition) is 1. The Bertz CT molecular complexity index is 495. The molecule has 1 amide bonds. The van der Waals surface area contributed by atoms with Crippen LogP contribution in [-0.2, 0) is 0 Å². The van der Waals surface area contributed by atoms with Crippen LogP contribution in [0.3, 0.4) is 0 Å². The van der Waals surface area contributed by atoms with Gasteiger partial charge in [0, 0.05) is 17.6 Å². The van der Waals surface area contributed by atoms with Crippen molar-refractivity contribution in [2.75, 3.05) is 13.6 Å². The van der Waals surface area contributed by atoms with E-state index in [2.05, 4.69) is 15.9 Å². The summed E-state index contributed by atoms with van der Waals surface area (Å²) in [5, 5.41) is 0. The van der Waals surface area contributed by atoms with Crippen LogP contribution >= 0.6 is 15.9 Å². The molecule has 2 atom stereocenters. The van der Waals surface area contributed by atoms with Gasteiger partial charge in [0.25, 0.3) is 5.91 Å². The summed E-state index contributed by atoms with van der Waals surface area (Å²) in [7, 11) is 1.82. The average Bonchev–Trinajstić information content (AvgIpc) is 2.45. The predicted octanol–water partition coefficient (Wildman–Crippen LogP) is 3.18. The van der Waals surface area contributed by atoms with Crippen LogP contribution in [0.25, 0.3) is 0 Å².